The van der Waals surface area contributed by atoms with Crippen LogP contribution in [0.1, 0.15) is 38.5 Å². The molecule has 1 atom stereocenters. The van der Waals surface area contributed by atoms with E-state index in [1.807, 2.05) is 0 Å². The van der Waals surface area contributed by atoms with Crippen LogP contribution in [-0.4, -0.2) is 52.0 Å². The lowest BCUT2D eigenvalue weighted by Crippen LogP contribution is -2.26. The zero-order valence-corrected chi connectivity index (χ0v) is 14.3. The quantitative estimate of drug-likeness (QED) is 0.631. The maximum Gasteiger partial charge on any atom is 0.220 e. The largest absolute Gasteiger partial charge is 0.381 e. The number of ether oxygens (including phenoxy) is 2. The smallest absolute Gasteiger partial charge is 0.220 e. The monoisotopic (exact) mass is 334 g/mol. The Kier molecular flexibility index (Phi) is 10.8. The summed E-state index contributed by atoms with van der Waals surface area (Å²) in [5.74, 6) is 1.54. The van der Waals surface area contributed by atoms with Gasteiger partial charge in [-0.1, -0.05) is 0 Å². The summed E-state index contributed by atoms with van der Waals surface area (Å²) in [4.78, 5) is 11.7. The number of nitrogens with one attached hydrogen (secondary N) is 2. The Hall–Kier alpha value is -0.360. The average molecular weight is 335 g/mol. The molecule has 0 spiro atoms. The van der Waals surface area contributed by atoms with Crippen molar-refractivity contribution < 1.29 is 14.3 Å². The molecule has 0 aromatic carbocycles. The van der Waals surface area contributed by atoms with Crippen LogP contribution in [0.4, 0.5) is 0 Å². The molecule has 2 aliphatic rings. The number of rotatable bonds is 9. The number of halogens is 1. The first-order valence-corrected chi connectivity index (χ1v) is 8.47. The standard InChI is InChI=1S/C16H30N2O3.ClH/c19-16(3-2-14-4-8-17-12-14)18-7-1-9-21-13-15-5-10-20-11-6-15;/h14-15,17H,1-13H2,(H,18,19);1H. The Balaban J connectivity index is 0.00000242. The van der Waals surface area contributed by atoms with E-state index in [2.05, 4.69) is 10.6 Å². The summed E-state index contributed by atoms with van der Waals surface area (Å²) < 4.78 is 11.0. The fourth-order valence-corrected chi connectivity index (χ4v) is 2.95. The fraction of sp³-hybridized carbons (Fsp3) is 0.938. The molecular weight excluding hydrogens is 304 g/mol. The third-order valence-electron chi connectivity index (χ3n) is 4.42. The van der Waals surface area contributed by atoms with Crippen molar-refractivity contribution in [1.82, 2.24) is 10.6 Å². The number of carbonyl (C=O) groups excluding carboxylic acids is 1. The van der Waals surface area contributed by atoms with Crippen molar-refractivity contribution in [2.24, 2.45) is 11.8 Å². The Morgan fingerprint density at radius 3 is 2.77 bits per heavy atom. The molecule has 0 aromatic rings. The summed E-state index contributed by atoms with van der Waals surface area (Å²) in [5.41, 5.74) is 0. The summed E-state index contributed by atoms with van der Waals surface area (Å²) >= 11 is 0. The molecule has 2 rings (SSSR count). The Morgan fingerprint density at radius 2 is 2.05 bits per heavy atom. The topological polar surface area (TPSA) is 59.6 Å². The van der Waals surface area contributed by atoms with E-state index >= 15 is 0 Å². The highest BCUT2D eigenvalue weighted by Gasteiger charge is 2.15. The maximum atomic E-state index is 11.7. The Bertz CT molecular complexity index is 293. The highest BCUT2D eigenvalue weighted by atomic mass is 35.5. The molecule has 2 saturated heterocycles. The van der Waals surface area contributed by atoms with Gasteiger partial charge in [0.1, 0.15) is 0 Å². The molecule has 0 saturated carbocycles. The molecule has 130 valence electrons. The molecule has 1 unspecified atom stereocenters. The van der Waals surface area contributed by atoms with E-state index in [-0.39, 0.29) is 18.3 Å². The van der Waals surface area contributed by atoms with Crippen molar-refractivity contribution in [3.63, 3.8) is 0 Å². The predicted molar refractivity (Wildman–Crippen MR) is 89.4 cm³/mol. The highest BCUT2D eigenvalue weighted by Crippen LogP contribution is 2.15. The first-order valence-electron chi connectivity index (χ1n) is 8.47. The van der Waals surface area contributed by atoms with Gasteiger partial charge in [-0.15, -0.1) is 12.4 Å². The second kappa shape index (κ2) is 12.1. The molecule has 2 fully saturated rings. The van der Waals surface area contributed by atoms with Crippen LogP contribution in [0.25, 0.3) is 0 Å². The van der Waals surface area contributed by atoms with Gasteiger partial charge in [0.15, 0.2) is 0 Å². The van der Waals surface area contributed by atoms with E-state index in [9.17, 15) is 4.79 Å². The van der Waals surface area contributed by atoms with Crippen molar-refractivity contribution in [2.75, 3.05) is 46.1 Å². The van der Waals surface area contributed by atoms with Gasteiger partial charge in [-0.3, -0.25) is 4.79 Å². The van der Waals surface area contributed by atoms with E-state index in [0.717, 1.165) is 71.7 Å². The van der Waals surface area contributed by atoms with Gasteiger partial charge in [-0.25, -0.2) is 0 Å². The number of hydrogen-bond donors (Lipinski definition) is 2. The summed E-state index contributed by atoms with van der Waals surface area (Å²) in [6.07, 6.45) is 6.03. The van der Waals surface area contributed by atoms with Crippen molar-refractivity contribution in [3.05, 3.63) is 0 Å². The molecule has 2 N–H and O–H groups in total. The predicted octanol–water partition coefficient (Wildman–Crippen LogP) is 1.75. The molecule has 0 radical (unpaired) electrons. The second-order valence-corrected chi connectivity index (χ2v) is 6.23. The van der Waals surface area contributed by atoms with Crippen LogP contribution in [0, 0.1) is 11.8 Å². The molecule has 2 heterocycles. The zero-order chi connectivity index (χ0) is 14.8. The van der Waals surface area contributed by atoms with Gasteiger partial charge >= 0.3 is 0 Å². The van der Waals surface area contributed by atoms with Crippen LogP contribution in [0.3, 0.4) is 0 Å². The van der Waals surface area contributed by atoms with Gasteiger partial charge in [-0.2, -0.15) is 0 Å². The highest BCUT2D eigenvalue weighted by molar-refractivity contribution is 5.85. The Morgan fingerprint density at radius 1 is 1.23 bits per heavy atom. The third-order valence-corrected chi connectivity index (χ3v) is 4.42. The first kappa shape index (κ1) is 19.7. The molecule has 0 aliphatic carbocycles. The second-order valence-electron chi connectivity index (χ2n) is 6.23. The van der Waals surface area contributed by atoms with E-state index in [0.29, 0.717) is 18.3 Å². The lowest BCUT2D eigenvalue weighted by atomic mass is 10.0. The molecular formula is C16H31ClN2O3. The molecule has 5 nitrogen and oxygen atoms in total. The molecule has 2 aliphatic heterocycles. The minimum absolute atomic E-state index is 0. The SMILES string of the molecule is Cl.O=C(CCC1CCNC1)NCCCOCC1CCOCC1. The molecule has 22 heavy (non-hydrogen) atoms. The van der Waals surface area contributed by atoms with Crippen molar-refractivity contribution in [1.29, 1.82) is 0 Å². The molecule has 6 heteroatoms. The van der Waals surface area contributed by atoms with E-state index in [1.165, 1.54) is 6.42 Å². The van der Waals surface area contributed by atoms with Gasteiger partial charge in [0, 0.05) is 39.4 Å². The minimum Gasteiger partial charge on any atom is -0.381 e. The summed E-state index contributed by atoms with van der Waals surface area (Å²) in [7, 11) is 0. The number of hydrogen-bond acceptors (Lipinski definition) is 4. The van der Waals surface area contributed by atoms with Gasteiger partial charge in [-0.05, 0) is 57.0 Å². The van der Waals surface area contributed by atoms with Crippen LogP contribution in [0.2, 0.25) is 0 Å². The third kappa shape index (κ3) is 8.32. The van der Waals surface area contributed by atoms with Crippen molar-refractivity contribution >= 4 is 18.3 Å². The Labute approximate surface area is 140 Å². The van der Waals surface area contributed by atoms with Crippen LogP contribution in [0.15, 0.2) is 0 Å². The van der Waals surface area contributed by atoms with E-state index in [1.54, 1.807) is 0 Å². The van der Waals surface area contributed by atoms with Crippen LogP contribution in [0.5, 0.6) is 0 Å². The van der Waals surface area contributed by atoms with Crippen LogP contribution in [-0.2, 0) is 14.3 Å². The zero-order valence-electron chi connectivity index (χ0n) is 13.5. The van der Waals surface area contributed by atoms with Gasteiger partial charge in [0.05, 0.1) is 0 Å². The lowest BCUT2D eigenvalue weighted by molar-refractivity contribution is -0.121. The maximum absolute atomic E-state index is 11.7. The average Bonchev–Trinajstić information content (AvgIpc) is 3.03. The van der Waals surface area contributed by atoms with Crippen LogP contribution < -0.4 is 10.6 Å². The van der Waals surface area contributed by atoms with E-state index in [4.69, 9.17) is 9.47 Å². The van der Waals surface area contributed by atoms with E-state index < -0.39 is 0 Å². The van der Waals surface area contributed by atoms with Gasteiger partial charge in [0.2, 0.25) is 5.91 Å². The fourth-order valence-electron chi connectivity index (χ4n) is 2.95. The molecule has 0 aromatic heterocycles. The normalized spacial score (nSPS) is 22.3. The van der Waals surface area contributed by atoms with Gasteiger partial charge in [0.25, 0.3) is 0 Å². The summed E-state index contributed by atoms with van der Waals surface area (Å²) in [5, 5.41) is 6.32. The number of carbonyl (C=O) groups is 1. The molecule has 1 amide bonds. The van der Waals surface area contributed by atoms with Crippen LogP contribution >= 0.6 is 12.4 Å². The summed E-state index contributed by atoms with van der Waals surface area (Å²) in [6, 6.07) is 0. The first-order chi connectivity index (χ1) is 10.3. The number of amides is 1. The van der Waals surface area contributed by atoms with Crippen molar-refractivity contribution in [2.45, 2.75) is 38.5 Å². The molecule has 0 bridgehead atoms. The minimum atomic E-state index is 0. The lowest BCUT2D eigenvalue weighted by Gasteiger charge is -2.21. The van der Waals surface area contributed by atoms with Crippen molar-refractivity contribution in [3.8, 4) is 0 Å². The van der Waals surface area contributed by atoms with Gasteiger partial charge < -0.3 is 20.1 Å². The summed E-state index contributed by atoms with van der Waals surface area (Å²) in [6.45, 7) is 6.25.